The van der Waals surface area contributed by atoms with Crippen molar-refractivity contribution in [2.24, 2.45) is 0 Å². The molecule has 1 aromatic rings. The number of aromatic nitrogens is 1. The lowest BCUT2D eigenvalue weighted by Gasteiger charge is -1.87. The van der Waals surface area contributed by atoms with Crippen LogP contribution >= 0.6 is 11.6 Å². The second kappa shape index (κ2) is 2.19. The monoisotopic (exact) mass is 147 g/mol. The van der Waals surface area contributed by atoms with Crippen LogP contribution in [0.4, 0.5) is 4.39 Å². The maximum atomic E-state index is 12.2. The zero-order valence-electron chi connectivity index (χ0n) is 4.32. The van der Waals surface area contributed by atoms with Crippen LogP contribution in [0.25, 0.3) is 0 Å². The first kappa shape index (κ1) is 6.29. The highest BCUT2D eigenvalue weighted by atomic mass is 35.5. The highest BCUT2D eigenvalue weighted by Crippen LogP contribution is 2.06. The van der Waals surface area contributed by atoms with Crippen LogP contribution in [0.5, 0.6) is 0 Å². The molecule has 2 nitrogen and oxygen atoms in total. The van der Waals surface area contributed by atoms with Crippen LogP contribution in [0.2, 0.25) is 5.02 Å². The number of aromatic amines is 1. The molecule has 0 fully saturated rings. The summed E-state index contributed by atoms with van der Waals surface area (Å²) in [6.07, 6.45) is 0. The van der Waals surface area contributed by atoms with Crippen molar-refractivity contribution in [2.75, 3.05) is 0 Å². The standard InChI is InChI=1S/C5H3ClFNO/c6-3-1-2-4(9)8-5(3)7/h1-2H,(H,8,9). The average Bonchev–Trinajstić information content (AvgIpc) is 1.80. The van der Waals surface area contributed by atoms with Crippen molar-refractivity contribution in [1.82, 2.24) is 4.98 Å². The van der Waals surface area contributed by atoms with Crippen molar-refractivity contribution < 1.29 is 4.39 Å². The van der Waals surface area contributed by atoms with Gasteiger partial charge in [0.2, 0.25) is 11.5 Å². The van der Waals surface area contributed by atoms with E-state index in [1.165, 1.54) is 6.07 Å². The summed E-state index contributed by atoms with van der Waals surface area (Å²) < 4.78 is 12.2. The predicted octanol–water partition coefficient (Wildman–Crippen LogP) is 1.17. The number of hydrogen-bond acceptors (Lipinski definition) is 1. The van der Waals surface area contributed by atoms with Crippen molar-refractivity contribution in [3.8, 4) is 0 Å². The second-order valence-corrected chi connectivity index (χ2v) is 1.89. The van der Waals surface area contributed by atoms with Gasteiger partial charge in [0, 0.05) is 6.07 Å². The van der Waals surface area contributed by atoms with Gasteiger partial charge in [0.15, 0.2) is 0 Å². The molecule has 0 aliphatic carbocycles. The smallest absolute Gasteiger partial charge is 0.250 e. The predicted molar refractivity (Wildman–Crippen MR) is 32.0 cm³/mol. The zero-order valence-corrected chi connectivity index (χ0v) is 5.07. The number of rotatable bonds is 0. The first-order valence-corrected chi connectivity index (χ1v) is 2.62. The van der Waals surface area contributed by atoms with Crippen molar-refractivity contribution >= 4 is 11.6 Å². The van der Waals surface area contributed by atoms with E-state index in [1.807, 2.05) is 4.98 Å². The Bertz CT molecular complexity index is 270. The minimum atomic E-state index is -0.788. The molecule has 9 heavy (non-hydrogen) atoms. The van der Waals surface area contributed by atoms with Gasteiger partial charge >= 0.3 is 0 Å². The molecule has 0 atom stereocenters. The van der Waals surface area contributed by atoms with E-state index >= 15 is 0 Å². The Labute approximate surface area is 55.3 Å². The van der Waals surface area contributed by atoms with Crippen molar-refractivity contribution in [3.63, 3.8) is 0 Å². The van der Waals surface area contributed by atoms with Gasteiger partial charge in [0.25, 0.3) is 0 Å². The van der Waals surface area contributed by atoms with Crippen LogP contribution < -0.4 is 5.56 Å². The lowest BCUT2D eigenvalue weighted by atomic mass is 10.5. The van der Waals surface area contributed by atoms with Gasteiger partial charge in [0.05, 0.1) is 5.02 Å². The average molecular weight is 148 g/mol. The first-order chi connectivity index (χ1) is 4.20. The number of halogens is 2. The first-order valence-electron chi connectivity index (χ1n) is 2.24. The molecule has 0 spiro atoms. The largest absolute Gasteiger partial charge is 0.298 e. The molecule has 1 rings (SSSR count). The lowest BCUT2D eigenvalue weighted by molar-refractivity contribution is 0.580. The zero-order chi connectivity index (χ0) is 6.85. The molecule has 0 bridgehead atoms. The van der Waals surface area contributed by atoms with Crippen LogP contribution in [-0.4, -0.2) is 4.98 Å². The Morgan fingerprint density at radius 2 is 2.22 bits per heavy atom. The fourth-order valence-corrected chi connectivity index (χ4v) is 0.542. The van der Waals surface area contributed by atoms with E-state index in [4.69, 9.17) is 11.6 Å². The third-order valence-corrected chi connectivity index (χ3v) is 1.12. The van der Waals surface area contributed by atoms with Crippen LogP contribution in [0.3, 0.4) is 0 Å². The van der Waals surface area contributed by atoms with Crippen molar-refractivity contribution in [3.05, 3.63) is 33.5 Å². The van der Waals surface area contributed by atoms with E-state index in [9.17, 15) is 9.18 Å². The van der Waals surface area contributed by atoms with Crippen LogP contribution in [0.15, 0.2) is 16.9 Å². The molecule has 0 aromatic carbocycles. The Morgan fingerprint density at radius 3 is 2.67 bits per heavy atom. The summed E-state index contributed by atoms with van der Waals surface area (Å²) in [5.41, 5.74) is -0.489. The van der Waals surface area contributed by atoms with Gasteiger partial charge in [-0.25, -0.2) is 0 Å². The second-order valence-electron chi connectivity index (χ2n) is 1.48. The Hall–Kier alpha value is -0.830. The SMILES string of the molecule is O=c1ccc(Cl)c(F)[nH]1. The van der Waals surface area contributed by atoms with E-state index in [1.54, 1.807) is 0 Å². The molecule has 0 unspecified atom stereocenters. The molecule has 0 aliphatic heterocycles. The van der Waals surface area contributed by atoms with Crippen molar-refractivity contribution in [1.29, 1.82) is 0 Å². The van der Waals surface area contributed by atoms with E-state index in [2.05, 4.69) is 0 Å². The molecule has 0 radical (unpaired) electrons. The van der Waals surface area contributed by atoms with Gasteiger partial charge in [-0.3, -0.25) is 9.78 Å². The molecular weight excluding hydrogens is 145 g/mol. The molecule has 0 saturated heterocycles. The highest BCUT2D eigenvalue weighted by Gasteiger charge is 1.95. The molecular formula is C5H3ClFNO. The van der Waals surface area contributed by atoms with Gasteiger partial charge in [-0.05, 0) is 6.07 Å². The highest BCUT2D eigenvalue weighted by molar-refractivity contribution is 6.30. The Kier molecular flexibility index (Phi) is 1.53. The Morgan fingerprint density at radius 1 is 1.56 bits per heavy atom. The summed E-state index contributed by atoms with van der Waals surface area (Å²) in [4.78, 5) is 12.2. The number of hydrogen-bond donors (Lipinski definition) is 1. The van der Waals surface area contributed by atoms with Gasteiger partial charge in [-0.2, -0.15) is 4.39 Å². The van der Waals surface area contributed by atoms with E-state index in [-0.39, 0.29) is 5.02 Å². The summed E-state index contributed by atoms with van der Waals surface area (Å²) in [5.74, 6) is -0.788. The minimum absolute atomic E-state index is 0.0744. The maximum Gasteiger partial charge on any atom is 0.250 e. The van der Waals surface area contributed by atoms with Crippen molar-refractivity contribution in [2.45, 2.75) is 0 Å². The summed E-state index contributed by atoms with van der Waals surface area (Å²) >= 11 is 5.24. The molecule has 0 saturated carbocycles. The molecule has 1 heterocycles. The molecule has 0 amide bonds. The quantitative estimate of drug-likeness (QED) is 0.549. The van der Waals surface area contributed by atoms with E-state index in [0.29, 0.717) is 0 Å². The van der Waals surface area contributed by atoms with Gasteiger partial charge < -0.3 is 0 Å². The normalized spacial score (nSPS) is 9.56. The number of H-pyrrole nitrogens is 1. The fourth-order valence-electron chi connectivity index (χ4n) is 0.432. The molecule has 1 N–H and O–H groups in total. The van der Waals surface area contributed by atoms with Gasteiger partial charge in [-0.1, -0.05) is 11.6 Å². The van der Waals surface area contributed by atoms with Crippen LogP contribution in [0, 0.1) is 5.95 Å². The molecule has 0 aliphatic rings. The van der Waals surface area contributed by atoms with Gasteiger partial charge in [0.1, 0.15) is 0 Å². The Balaban J connectivity index is 3.34. The number of nitrogens with one attached hydrogen (secondary N) is 1. The third kappa shape index (κ3) is 1.29. The topological polar surface area (TPSA) is 32.9 Å². The van der Waals surface area contributed by atoms with E-state index in [0.717, 1.165) is 6.07 Å². The molecule has 48 valence electrons. The molecule has 4 heteroatoms. The van der Waals surface area contributed by atoms with Crippen LogP contribution in [-0.2, 0) is 0 Å². The summed E-state index contributed by atoms with van der Waals surface area (Å²) in [6, 6.07) is 2.36. The molecule has 1 aromatic heterocycles. The van der Waals surface area contributed by atoms with Gasteiger partial charge in [-0.15, -0.1) is 0 Å². The third-order valence-electron chi connectivity index (χ3n) is 0.824. The lowest BCUT2D eigenvalue weighted by Crippen LogP contribution is -2.04. The summed E-state index contributed by atoms with van der Waals surface area (Å²) in [7, 11) is 0. The summed E-state index contributed by atoms with van der Waals surface area (Å²) in [6.45, 7) is 0. The minimum Gasteiger partial charge on any atom is -0.298 e. The maximum absolute atomic E-state index is 12.2. The van der Waals surface area contributed by atoms with Crippen LogP contribution in [0.1, 0.15) is 0 Å². The summed E-state index contributed by atoms with van der Waals surface area (Å²) in [5, 5.41) is -0.0744. The fraction of sp³-hybridized carbons (Fsp3) is 0. The van der Waals surface area contributed by atoms with E-state index < -0.39 is 11.5 Å². The number of pyridine rings is 1.